The third kappa shape index (κ3) is 7.38. The second-order valence-electron chi connectivity index (χ2n) is 6.14. The lowest BCUT2D eigenvalue weighted by molar-refractivity contribution is -0.116. The van der Waals surface area contributed by atoms with Crippen LogP contribution in [0.15, 0.2) is 53.4 Å². The molecule has 0 spiro atoms. The molecule has 0 aliphatic carbocycles. The van der Waals surface area contributed by atoms with E-state index in [2.05, 4.69) is 5.32 Å². The Morgan fingerprint density at radius 1 is 0.889 bits per heavy atom. The van der Waals surface area contributed by atoms with E-state index in [1.165, 1.54) is 24.3 Å². The van der Waals surface area contributed by atoms with E-state index in [1.807, 2.05) is 0 Å². The number of carbonyl (C=O) groups excluding carboxylic acids is 1. The Hall–Kier alpha value is -2.42. The number of primary sulfonamides is 1. The van der Waals surface area contributed by atoms with Crippen molar-refractivity contribution in [3.05, 3.63) is 48.5 Å². The van der Waals surface area contributed by atoms with Gasteiger partial charge in [0.1, 0.15) is 11.5 Å². The molecule has 0 aliphatic heterocycles. The molecule has 7 nitrogen and oxygen atoms in total. The van der Waals surface area contributed by atoms with Gasteiger partial charge in [-0.25, -0.2) is 13.6 Å². The van der Waals surface area contributed by atoms with E-state index < -0.39 is 10.0 Å². The van der Waals surface area contributed by atoms with Crippen LogP contribution in [-0.2, 0) is 14.8 Å². The normalized spacial score (nSPS) is 11.2. The number of anilines is 1. The van der Waals surface area contributed by atoms with Gasteiger partial charge in [-0.2, -0.15) is 0 Å². The second kappa shape index (κ2) is 10.1. The van der Waals surface area contributed by atoms with Gasteiger partial charge < -0.3 is 15.8 Å². The highest BCUT2D eigenvalue weighted by Crippen LogP contribution is 2.24. The second-order valence-corrected chi connectivity index (χ2v) is 7.71. The zero-order valence-corrected chi connectivity index (χ0v) is 15.9. The summed E-state index contributed by atoms with van der Waals surface area (Å²) in [5.41, 5.74) is 6.13. The number of benzene rings is 2. The van der Waals surface area contributed by atoms with Crippen molar-refractivity contribution in [2.75, 3.05) is 11.9 Å². The van der Waals surface area contributed by atoms with Crippen LogP contribution in [0.4, 0.5) is 5.69 Å². The molecule has 2 aromatic carbocycles. The summed E-state index contributed by atoms with van der Waals surface area (Å²) in [7, 11) is -3.72. The molecule has 0 bridgehead atoms. The minimum atomic E-state index is -3.72. The van der Waals surface area contributed by atoms with Crippen LogP contribution in [0, 0.1) is 0 Å². The largest absolute Gasteiger partial charge is 0.457 e. The molecular weight excluding hydrogens is 366 g/mol. The first-order chi connectivity index (χ1) is 12.9. The van der Waals surface area contributed by atoms with E-state index in [9.17, 15) is 13.2 Å². The number of nitrogens with two attached hydrogens (primary N) is 2. The average molecular weight is 391 g/mol. The van der Waals surface area contributed by atoms with Crippen molar-refractivity contribution in [2.24, 2.45) is 10.9 Å². The lowest BCUT2D eigenvalue weighted by atomic mass is 10.1. The Labute approximate surface area is 159 Å². The maximum absolute atomic E-state index is 11.9. The van der Waals surface area contributed by atoms with Crippen molar-refractivity contribution in [1.29, 1.82) is 0 Å². The fourth-order valence-electron chi connectivity index (χ4n) is 2.45. The topological polar surface area (TPSA) is 125 Å². The van der Waals surface area contributed by atoms with E-state index in [0.717, 1.165) is 25.7 Å². The Balaban J connectivity index is 1.83. The Morgan fingerprint density at radius 2 is 1.44 bits per heavy atom. The van der Waals surface area contributed by atoms with Gasteiger partial charge in [0.05, 0.1) is 4.90 Å². The van der Waals surface area contributed by atoms with Gasteiger partial charge in [-0.1, -0.05) is 12.8 Å². The molecule has 0 aliphatic rings. The first kappa shape index (κ1) is 20.9. The van der Waals surface area contributed by atoms with E-state index in [4.69, 9.17) is 15.6 Å². The number of sulfonamides is 1. The quantitative estimate of drug-likeness (QED) is 0.537. The molecule has 0 saturated heterocycles. The monoisotopic (exact) mass is 391 g/mol. The number of ether oxygens (including phenoxy) is 1. The van der Waals surface area contributed by atoms with Gasteiger partial charge in [0.25, 0.3) is 0 Å². The third-order valence-corrected chi connectivity index (χ3v) is 4.81. The molecule has 27 heavy (non-hydrogen) atoms. The van der Waals surface area contributed by atoms with E-state index in [0.29, 0.717) is 30.2 Å². The molecular formula is C19H25N3O4S. The summed E-state index contributed by atoms with van der Waals surface area (Å²) in [5, 5.41) is 7.91. The van der Waals surface area contributed by atoms with Crippen molar-refractivity contribution in [1.82, 2.24) is 0 Å². The fraction of sp³-hybridized carbons (Fsp3) is 0.316. The summed E-state index contributed by atoms with van der Waals surface area (Å²) in [6.45, 7) is 0.691. The van der Waals surface area contributed by atoms with Crippen LogP contribution in [0.3, 0.4) is 0 Å². The lowest BCUT2D eigenvalue weighted by Gasteiger charge is -2.09. The Kier molecular flexibility index (Phi) is 7.78. The molecule has 0 heterocycles. The number of nitrogens with one attached hydrogen (secondary N) is 1. The Bertz CT molecular complexity index is 834. The van der Waals surface area contributed by atoms with Crippen molar-refractivity contribution < 1.29 is 17.9 Å². The number of unbranched alkanes of at least 4 members (excludes halogenated alkanes) is 3. The predicted octanol–water partition coefficient (Wildman–Crippen LogP) is 2.97. The number of carbonyl (C=O) groups is 1. The van der Waals surface area contributed by atoms with Crippen LogP contribution in [0.5, 0.6) is 11.5 Å². The molecule has 0 radical (unpaired) electrons. The SMILES string of the molecule is NCCCCCCC(=O)Nc1ccc(Oc2ccc(S(N)(=O)=O)cc2)cc1. The molecule has 0 saturated carbocycles. The Morgan fingerprint density at radius 3 is 2.00 bits per heavy atom. The standard InChI is InChI=1S/C19H25N3O4S/c20-14-4-2-1-3-5-19(23)22-15-6-8-16(9-7-15)26-17-10-12-18(13-11-17)27(21,24)25/h6-13H,1-5,14,20H2,(H,22,23)(H2,21,24,25). The molecule has 0 fully saturated rings. The minimum absolute atomic E-state index is 0.0185. The van der Waals surface area contributed by atoms with Crippen LogP contribution in [0.1, 0.15) is 32.1 Å². The molecule has 1 amide bonds. The number of amides is 1. The lowest BCUT2D eigenvalue weighted by Crippen LogP contribution is -2.11. The first-order valence-corrected chi connectivity index (χ1v) is 10.3. The molecule has 0 unspecified atom stereocenters. The van der Waals surface area contributed by atoms with Crippen molar-refractivity contribution >= 4 is 21.6 Å². The zero-order valence-electron chi connectivity index (χ0n) is 15.1. The minimum Gasteiger partial charge on any atom is -0.457 e. The predicted molar refractivity (Wildman–Crippen MR) is 105 cm³/mol. The van der Waals surface area contributed by atoms with Crippen LogP contribution in [0.25, 0.3) is 0 Å². The fourth-order valence-corrected chi connectivity index (χ4v) is 2.96. The first-order valence-electron chi connectivity index (χ1n) is 8.79. The van der Waals surface area contributed by atoms with E-state index in [-0.39, 0.29) is 10.8 Å². The van der Waals surface area contributed by atoms with Crippen LogP contribution in [0.2, 0.25) is 0 Å². The van der Waals surface area contributed by atoms with Crippen LogP contribution >= 0.6 is 0 Å². The van der Waals surface area contributed by atoms with E-state index in [1.54, 1.807) is 24.3 Å². The molecule has 2 rings (SSSR count). The van der Waals surface area contributed by atoms with Gasteiger partial charge in [0, 0.05) is 12.1 Å². The van der Waals surface area contributed by atoms with Crippen molar-refractivity contribution in [3.8, 4) is 11.5 Å². The summed E-state index contributed by atoms with van der Waals surface area (Å²) in [6, 6.07) is 12.8. The molecule has 5 N–H and O–H groups in total. The van der Waals surface area contributed by atoms with Gasteiger partial charge in [-0.3, -0.25) is 4.79 Å². The van der Waals surface area contributed by atoms with Gasteiger partial charge in [-0.05, 0) is 67.9 Å². The number of hydrogen-bond acceptors (Lipinski definition) is 5. The van der Waals surface area contributed by atoms with Crippen LogP contribution in [-0.4, -0.2) is 20.9 Å². The molecule has 2 aromatic rings. The maximum atomic E-state index is 11.9. The highest BCUT2D eigenvalue weighted by Gasteiger charge is 2.08. The van der Waals surface area contributed by atoms with Gasteiger partial charge in [-0.15, -0.1) is 0 Å². The van der Waals surface area contributed by atoms with Crippen molar-refractivity contribution in [2.45, 2.75) is 37.0 Å². The number of hydrogen-bond donors (Lipinski definition) is 3. The molecule has 0 aromatic heterocycles. The average Bonchev–Trinajstić information content (AvgIpc) is 2.63. The van der Waals surface area contributed by atoms with Gasteiger partial charge in [0.15, 0.2) is 0 Å². The maximum Gasteiger partial charge on any atom is 0.238 e. The van der Waals surface area contributed by atoms with Crippen molar-refractivity contribution in [3.63, 3.8) is 0 Å². The molecule has 8 heteroatoms. The smallest absolute Gasteiger partial charge is 0.238 e. The summed E-state index contributed by atoms with van der Waals surface area (Å²) in [6.07, 6.45) is 4.38. The zero-order chi connectivity index (χ0) is 19.7. The highest BCUT2D eigenvalue weighted by atomic mass is 32.2. The summed E-state index contributed by atoms with van der Waals surface area (Å²) in [4.78, 5) is 11.9. The van der Waals surface area contributed by atoms with Gasteiger partial charge in [0.2, 0.25) is 15.9 Å². The number of rotatable bonds is 10. The third-order valence-electron chi connectivity index (χ3n) is 3.88. The molecule has 146 valence electrons. The molecule has 0 atom stereocenters. The van der Waals surface area contributed by atoms with Crippen LogP contribution < -0.4 is 20.9 Å². The van der Waals surface area contributed by atoms with Gasteiger partial charge >= 0.3 is 0 Å². The summed E-state index contributed by atoms with van der Waals surface area (Å²) in [5.74, 6) is 1.03. The van der Waals surface area contributed by atoms with E-state index >= 15 is 0 Å². The summed E-state index contributed by atoms with van der Waals surface area (Å²) >= 11 is 0. The highest BCUT2D eigenvalue weighted by molar-refractivity contribution is 7.89. The summed E-state index contributed by atoms with van der Waals surface area (Å²) < 4.78 is 28.1.